The first-order chi connectivity index (χ1) is 9.09. The van der Waals surface area contributed by atoms with E-state index in [0.29, 0.717) is 0 Å². The number of hydrogen-bond acceptors (Lipinski definition) is 3. The maximum Gasteiger partial charge on any atom is 0.320 e. The van der Waals surface area contributed by atoms with Gasteiger partial charge in [0.2, 0.25) is 0 Å². The summed E-state index contributed by atoms with van der Waals surface area (Å²) in [6, 6.07) is 6.69. The fraction of sp³-hybridized carbons (Fsp3) is 0.533. The average Bonchev–Trinajstić information content (AvgIpc) is 2.64. The smallest absolute Gasteiger partial charge is 0.320 e. The van der Waals surface area contributed by atoms with Crippen molar-refractivity contribution in [3.8, 4) is 5.75 Å². The summed E-state index contributed by atoms with van der Waals surface area (Å²) in [4.78, 5) is 13.5. The van der Waals surface area contributed by atoms with Gasteiger partial charge in [0.05, 0.1) is 0 Å². The second-order valence-corrected chi connectivity index (χ2v) is 5.21. The van der Waals surface area contributed by atoms with Gasteiger partial charge in [-0.3, -0.25) is 9.69 Å². The lowest BCUT2D eigenvalue weighted by Gasteiger charge is -2.33. The fourth-order valence-electron chi connectivity index (χ4n) is 2.80. The Labute approximate surface area is 113 Å². The third-order valence-electron chi connectivity index (χ3n) is 3.95. The number of carboxylic acid groups (broad SMARTS) is 1. The average molecular weight is 263 g/mol. The van der Waals surface area contributed by atoms with Crippen LogP contribution in [0.5, 0.6) is 5.75 Å². The van der Waals surface area contributed by atoms with Crippen LogP contribution in [0.25, 0.3) is 0 Å². The van der Waals surface area contributed by atoms with Crippen molar-refractivity contribution in [1.82, 2.24) is 4.90 Å². The maximum atomic E-state index is 11.4. The van der Waals surface area contributed by atoms with E-state index in [9.17, 15) is 15.0 Å². The molecule has 1 heterocycles. The minimum atomic E-state index is -0.729. The molecule has 2 unspecified atom stereocenters. The minimum Gasteiger partial charge on any atom is -0.508 e. The zero-order valence-corrected chi connectivity index (χ0v) is 11.2. The summed E-state index contributed by atoms with van der Waals surface area (Å²) in [6.07, 6.45) is 3.85. The molecule has 4 nitrogen and oxygen atoms in total. The molecule has 2 rings (SSSR count). The van der Waals surface area contributed by atoms with Crippen molar-refractivity contribution in [3.05, 3.63) is 29.8 Å². The second-order valence-electron chi connectivity index (χ2n) is 5.21. The SMILES string of the molecule is CC(c1ccc(O)cc1)N1CCCCCC1C(=O)O. The Morgan fingerprint density at radius 1 is 1.26 bits per heavy atom. The van der Waals surface area contributed by atoms with Crippen LogP contribution in [0.4, 0.5) is 0 Å². The van der Waals surface area contributed by atoms with Gasteiger partial charge < -0.3 is 10.2 Å². The van der Waals surface area contributed by atoms with Gasteiger partial charge >= 0.3 is 5.97 Å². The molecule has 1 aromatic carbocycles. The van der Waals surface area contributed by atoms with Crippen molar-refractivity contribution in [1.29, 1.82) is 0 Å². The summed E-state index contributed by atoms with van der Waals surface area (Å²) in [5.74, 6) is -0.492. The number of benzene rings is 1. The van der Waals surface area contributed by atoms with E-state index < -0.39 is 12.0 Å². The van der Waals surface area contributed by atoms with E-state index in [1.54, 1.807) is 12.1 Å². The van der Waals surface area contributed by atoms with Crippen LogP contribution in [-0.4, -0.2) is 33.7 Å². The number of likely N-dealkylation sites (tertiary alicyclic amines) is 1. The highest BCUT2D eigenvalue weighted by atomic mass is 16.4. The molecule has 104 valence electrons. The lowest BCUT2D eigenvalue weighted by atomic mass is 10.0. The van der Waals surface area contributed by atoms with Crippen molar-refractivity contribution in [2.24, 2.45) is 0 Å². The zero-order chi connectivity index (χ0) is 13.8. The number of nitrogens with zero attached hydrogens (tertiary/aromatic N) is 1. The Kier molecular flexibility index (Phi) is 4.43. The van der Waals surface area contributed by atoms with Gasteiger partial charge in [-0.25, -0.2) is 0 Å². The van der Waals surface area contributed by atoms with Crippen molar-refractivity contribution in [3.63, 3.8) is 0 Å². The molecular weight excluding hydrogens is 242 g/mol. The van der Waals surface area contributed by atoms with Gasteiger partial charge in [-0.15, -0.1) is 0 Å². The number of phenols is 1. The summed E-state index contributed by atoms with van der Waals surface area (Å²) in [7, 11) is 0. The van der Waals surface area contributed by atoms with Crippen LogP contribution in [0, 0.1) is 0 Å². The van der Waals surface area contributed by atoms with Crippen LogP contribution >= 0.6 is 0 Å². The molecule has 0 spiro atoms. The van der Waals surface area contributed by atoms with Crippen LogP contribution in [0.15, 0.2) is 24.3 Å². The first-order valence-electron chi connectivity index (χ1n) is 6.87. The van der Waals surface area contributed by atoms with Gasteiger partial charge in [0.25, 0.3) is 0 Å². The number of hydrogen-bond donors (Lipinski definition) is 2. The molecule has 2 N–H and O–H groups in total. The number of carboxylic acids is 1. The molecule has 2 atom stereocenters. The van der Waals surface area contributed by atoms with Crippen LogP contribution in [0.1, 0.15) is 44.2 Å². The predicted octanol–water partition coefficient (Wildman–Crippen LogP) is 2.78. The van der Waals surface area contributed by atoms with E-state index >= 15 is 0 Å². The van der Waals surface area contributed by atoms with Crippen molar-refractivity contribution < 1.29 is 15.0 Å². The Morgan fingerprint density at radius 2 is 1.95 bits per heavy atom. The van der Waals surface area contributed by atoms with Gasteiger partial charge in [0, 0.05) is 6.04 Å². The molecule has 0 radical (unpaired) electrons. The molecule has 0 saturated carbocycles. The molecule has 1 aliphatic rings. The first kappa shape index (κ1) is 13.9. The highest BCUT2D eigenvalue weighted by molar-refractivity contribution is 5.73. The molecule has 0 amide bonds. The molecule has 0 aromatic heterocycles. The number of carbonyl (C=O) groups is 1. The first-order valence-corrected chi connectivity index (χ1v) is 6.87. The summed E-state index contributed by atoms with van der Waals surface area (Å²) in [5.41, 5.74) is 1.05. The Balaban J connectivity index is 2.20. The molecule has 19 heavy (non-hydrogen) atoms. The molecule has 1 saturated heterocycles. The largest absolute Gasteiger partial charge is 0.508 e. The summed E-state index contributed by atoms with van der Waals surface area (Å²) in [5, 5.41) is 18.7. The fourth-order valence-corrected chi connectivity index (χ4v) is 2.80. The third kappa shape index (κ3) is 3.26. The van der Waals surface area contributed by atoms with Crippen LogP contribution in [0.2, 0.25) is 0 Å². The molecule has 1 aromatic rings. The van der Waals surface area contributed by atoms with Gasteiger partial charge in [0.15, 0.2) is 0 Å². The molecule has 0 bridgehead atoms. The van der Waals surface area contributed by atoms with Gasteiger partial charge in [-0.2, -0.15) is 0 Å². The minimum absolute atomic E-state index is 0.0554. The lowest BCUT2D eigenvalue weighted by Crippen LogP contribution is -2.42. The molecule has 4 heteroatoms. The predicted molar refractivity (Wildman–Crippen MR) is 73.1 cm³/mol. The maximum absolute atomic E-state index is 11.4. The molecule has 0 aliphatic carbocycles. The van der Waals surface area contributed by atoms with Gasteiger partial charge in [-0.1, -0.05) is 25.0 Å². The number of aromatic hydroxyl groups is 1. The zero-order valence-electron chi connectivity index (χ0n) is 11.2. The highest BCUT2D eigenvalue weighted by Gasteiger charge is 2.30. The van der Waals surface area contributed by atoms with Crippen LogP contribution in [-0.2, 0) is 4.79 Å². The molecule has 1 fully saturated rings. The van der Waals surface area contributed by atoms with Crippen LogP contribution in [0.3, 0.4) is 0 Å². The summed E-state index contributed by atoms with van der Waals surface area (Å²) in [6.45, 7) is 2.85. The third-order valence-corrected chi connectivity index (χ3v) is 3.95. The van der Waals surface area contributed by atoms with E-state index in [1.807, 2.05) is 19.1 Å². The second kappa shape index (κ2) is 6.06. The number of aliphatic carboxylic acids is 1. The summed E-state index contributed by atoms with van der Waals surface area (Å²) >= 11 is 0. The Morgan fingerprint density at radius 3 is 2.58 bits per heavy atom. The van der Waals surface area contributed by atoms with E-state index in [-0.39, 0.29) is 11.8 Å². The van der Waals surface area contributed by atoms with Crippen molar-refractivity contribution in [2.75, 3.05) is 6.54 Å². The standard InChI is InChI=1S/C15H21NO3/c1-11(12-6-8-13(17)9-7-12)16-10-4-2-3-5-14(16)15(18)19/h6-9,11,14,17H,2-5,10H2,1H3,(H,18,19). The number of phenolic OH excluding ortho intramolecular Hbond substituents is 1. The quantitative estimate of drug-likeness (QED) is 0.880. The Bertz CT molecular complexity index is 430. The van der Waals surface area contributed by atoms with E-state index in [4.69, 9.17) is 0 Å². The highest BCUT2D eigenvalue weighted by Crippen LogP contribution is 2.28. The number of rotatable bonds is 3. The van der Waals surface area contributed by atoms with Crippen molar-refractivity contribution >= 4 is 5.97 Å². The Hall–Kier alpha value is -1.55. The van der Waals surface area contributed by atoms with Crippen molar-refractivity contribution in [2.45, 2.75) is 44.7 Å². The topological polar surface area (TPSA) is 60.8 Å². The molecule has 1 aliphatic heterocycles. The lowest BCUT2D eigenvalue weighted by molar-refractivity contribution is -0.144. The van der Waals surface area contributed by atoms with Gasteiger partial charge in [0.1, 0.15) is 11.8 Å². The monoisotopic (exact) mass is 263 g/mol. The van der Waals surface area contributed by atoms with E-state index in [2.05, 4.69) is 4.90 Å². The van der Waals surface area contributed by atoms with Crippen LogP contribution < -0.4 is 0 Å². The normalized spacial score (nSPS) is 22.7. The molecular formula is C15H21NO3. The van der Waals surface area contributed by atoms with Gasteiger partial charge in [-0.05, 0) is 44.0 Å². The van der Waals surface area contributed by atoms with E-state index in [0.717, 1.165) is 37.8 Å². The van der Waals surface area contributed by atoms with E-state index in [1.165, 1.54) is 0 Å². The summed E-state index contributed by atoms with van der Waals surface area (Å²) < 4.78 is 0.